The first kappa shape index (κ1) is 12.8. The fraction of sp³-hybridized carbons (Fsp3) is 0.462. The molecule has 1 fully saturated rings. The van der Waals surface area contributed by atoms with Gasteiger partial charge in [0.05, 0.1) is 11.7 Å². The minimum Gasteiger partial charge on any atom is -0.478 e. The van der Waals surface area contributed by atoms with Crippen molar-refractivity contribution in [3.8, 4) is 0 Å². The summed E-state index contributed by atoms with van der Waals surface area (Å²) in [5.41, 5.74) is 0.407. The average molecular weight is 253 g/mol. The number of rotatable bonds is 5. The van der Waals surface area contributed by atoms with Crippen molar-refractivity contribution >= 4 is 11.7 Å². The van der Waals surface area contributed by atoms with Crippen molar-refractivity contribution < 1.29 is 19.0 Å². The Morgan fingerprint density at radius 2 is 2.39 bits per heavy atom. The molecule has 1 aliphatic rings. The van der Waals surface area contributed by atoms with Gasteiger partial charge in [0.25, 0.3) is 0 Å². The molecule has 0 saturated carbocycles. The molecule has 18 heavy (non-hydrogen) atoms. The smallest absolute Gasteiger partial charge is 0.337 e. The number of anilines is 1. The van der Waals surface area contributed by atoms with Gasteiger partial charge in [-0.25, -0.2) is 9.18 Å². The normalized spacial score (nSPS) is 18.8. The van der Waals surface area contributed by atoms with Gasteiger partial charge < -0.3 is 15.2 Å². The second-order valence-electron chi connectivity index (χ2n) is 4.35. The first-order valence-corrected chi connectivity index (χ1v) is 6.05. The molecule has 1 saturated heterocycles. The minimum absolute atomic E-state index is 0.0395. The van der Waals surface area contributed by atoms with Crippen molar-refractivity contribution in [2.75, 3.05) is 18.5 Å². The number of benzene rings is 1. The van der Waals surface area contributed by atoms with E-state index < -0.39 is 11.8 Å². The van der Waals surface area contributed by atoms with Crippen molar-refractivity contribution in [3.05, 3.63) is 29.6 Å². The molecule has 98 valence electrons. The fourth-order valence-electron chi connectivity index (χ4n) is 2.09. The second-order valence-corrected chi connectivity index (χ2v) is 4.35. The molecule has 0 spiro atoms. The quantitative estimate of drug-likeness (QED) is 0.846. The van der Waals surface area contributed by atoms with Gasteiger partial charge in [0, 0.05) is 18.8 Å². The lowest BCUT2D eigenvalue weighted by molar-refractivity contribution is 0.0697. The zero-order valence-electron chi connectivity index (χ0n) is 9.99. The van der Waals surface area contributed by atoms with Gasteiger partial charge in [-0.15, -0.1) is 0 Å². The van der Waals surface area contributed by atoms with E-state index in [1.807, 2.05) is 0 Å². The first-order chi connectivity index (χ1) is 8.66. The van der Waals surface area contributed by atoms with Crippen LogP contribution in [0.4, 0.5) is 10.1 Å². The van der Waals surface area contributed by atoms with Gasteiger partial charge in [0.1, 0.15) is 5.82 Å². The Bertz CT molecular complexity index is 430. The molecule has 0 amide bonds. The lowest BCUT2D eigenvalue weighted by atomic mass is 10.1. The average Bonchev–Trinajstić information content (AvgIpc) is 2.84. The molecule has 0 aliphatic carbocycles. The maximum absolute atomic E-state index is 13.0. The van der Waals surface area contributed by atoms with Crippen LogP contribution in [-0.2, 0) is 4.74 Å². The van der Waals surface area contributed by atoms with E-state index in [-0.39, 0.29) is 11.7 Å². The molecule has 1 unspecified atom stereocenters. The maximum Gasteiger partial charge on any atom is 0.337 e. The van der Waals surface area contributed by atoms with Crippen LogP contribution in [0, 0.1) is 5.82 Å². The van der Waals surface area contributed by atoms with Crippen molar-refractivity contribution in [1.29, 1.82) is 0 Å². The predicted molar refractivity (Wildman–Crippen MR) is 65.4 cm³/mol. The molecule has 1 aliphatic heterocycles. The molecule has 0 radical (unpaired) electrons. The van der Waals surface area contributed by atoms with Crippen LogP contribution < -0.4 is 5.32 Å². The lowest BCUT2D eigenvalue weighted by Gasteiger charge is -2.12. The second kappa shape index (κ2) is 5.82. The van der Waals surface area contributed by atoms with E-state index in [0.717, 1.165) is 31.9 Å². The van der Waals surface area contributed by atoms with Gasteiger partial charge in [-0.1, -0.05) is 0 Å². The topological polar surface area (TPSA) is 58.6 Å². The first-order valence-electron chi connectivity index (χ1n) is 6.05. The van der Waals surface area contributed by atoms with E-state index in [9.17, 15) is 9.18 Å². The van der Waals surface area contributed by atoms with E-state index in [0.29, 0.717) is 12.2 Å². The number of carboxylic acids is 1. The van der Waals surface area contributed by atoms with Crippen molar-refractivity contribution in [2.24, 2.45) is 0 Å². The fourth-order valence-corrected chi connectivity index (χ4v) is 2.09. The summed E-state index contributed by atoms with van der Waals surface area (Å²) >= 11 is 0. The number of carboxylic acid groups (broad SMARTS) is 1. The molecule has 0 bridgehead atoms. The molecule has 1 heterocycles. The number of hydrogen-bond donors (Lipinski definition) is 2. The van der Waals surface area contributed by atoms with Crippen LogP contribution in [-0.4, -0.2) is 30.3 Å². The van der Waals surface area contributed by atoms with E-state index in [1.165, 1.54) is 12.1 Å². The molecule has 2 rings (SSSR count). The van der Waals surface area contributed by atoms with Crippen LogP contribution in [0.2, 0.25) is 0 Å². The standard InChI is InChI=1S/C13H16FNO3/c14-9-3-4-12(11(8-9)13(16)17)15-6-5-10-2-1-7-18-10/h3-4,8,10,15H,1-2,5-7H2,(H,16,17). The Morgan fingerprint density at radius 3 is 3.06 bits per heavy atom. The van der Waals surface area contributed by atoms with Crippen LogP contribution in [0.3, 0.4) is 0 Å². The summed E-state index contributed by atoms with van der Waals surface area (Å²) in [6.07, 6.45) is 3.22. The zero-order chi connectivity index (χ0) is 13.0. The Kier molecular flexibility index (Phi) is 4.15. The summed E-state index contributed by atoms with van der Waals surface area (Å²) in [5, 5.41) is 12.0. The maximum atomic E-state index is 13.0. The van der Waals surface area contributed by atoms with Gasteiger partial charge in [-0.3, -0.25) is 0 Å². The highest BCUT2D eigenvalue weighted by atomic mass is 19.1. The Labute approximate surface area is 105 Å². The minimum atomic E-state index is -1.13. The van der Waals surface area contributed by atoms with Crippen molar-refractivity contribution in [2.45, 2.75) is 25.4 Å². The Balaban J connectivity index is 1.93. The molecule has 5 heteroatoms. The zero-order valence-corrected chi connectivity index (χ0v) is 9.99. The van der Waals surface area contributed by atoms with E-state index in [1.54, 1.807) is 0 Å². The number of carbonyl (C=O) groups is 1. The lowest BCUT2D eigenvalue weighted by Crippen LogP contribution is -2.14. The summed E-state index contributed by atoms with van der Waals surface area (Å²) in [4.78, 5) is 11.0. The Hall–Kier alpha value is -1.62. The number of hydrogen-bond acceptors (Lipinski definition) is 3. The summed E-state index contributed by atoms with van der Waals surface area (Å²) in [6, 6.07) is 3.73. The highest BCUT2D eigenvalue weighted by Crippen LogP contribution is 2.19. The predicted octanol–water partition coefficient (Wildman–Crippen LogP) is 2.50. The van der Waals surface area contributed by atoms with Gasteiger partial charge in [0.2, 0.25) is 0 Å². The number of nitrogens with one attached hydrogen (secondary N) is 1. The van der Waals surface area contributed by atoms with Crippen LogP contribution in [0.5, 0.6) is 0 Å². The number of ether oxygens (including phenoxy) is 1. The molecule has 1 atom stereocenters. The molecule has 1 aromatic carbocycles. The largest absolute Gasteiger partial charge is 0.478 e. The third kappa shape index (κ3) is 3.20. The van der Waals surface area contributed by atoms with Crippen LogP contribution in [0.1, 0.15) is 29.6 Å². The van der Waals surface area contributed by atoms with Gasteiger partial charge in [-0.2, -0.15) is 0 Å². The van der Waals surface area contributed by atoms with Gasteiger partial charge >= 0.3 is 5.97 Å². The van der Waals surface area contributed by atoms with E-state index >= 15 is 0 Å². The molecule has 4 nitrogen and oxygen atoms in total. The van der Waals surface area contributed by atoms with Crippen LogP contribution in [0.25, 0.3) is 0 Å². The van der Waals surface area contributed by atoms with Gasteiger partial charge in [-0.05, 0) is 37.5 Å². The van der Waals surface area contributed by atoms with Crippen LogP contribution in [0.15, 0.2) is 18.2 Å². The highest BCUT2D eigenvalue weighted by Gasteiger charge is 2.15. The van der Waals surface area contributed by atoms with Gasteiger partial charge in [0.15, 0.2) is 0 Å². The van der Waals surface area contributed by atoms with Crippen molar-refractivity contribution in [1.82, 2.24) is 0 Å². The third-order valence-electron chi connectivity index (χ3n) is 3.02. The summed E-state index contributed by atoms with van der Waals surface area (Å²) in [5.74, 6) is -1.67. The molecular weight excluding hydrogens is 237 g/mol. The number of halogens is 1. The Morgan fingerprint density at radius 1 is 1.56 bits per heavy atom. The monoisotopic (exact) mass is 253 g/mol. The molecular formula is C13H16FNO3. The molecule has 2 N–H and O–H groups in total. The number of aromatic carboxylic acids is 1. The van der Waals surface area contributed by atoms with E-state index in [2.05, 4.69) is 5.32 Å². The third-order valence-corrected chi connectivity index (χ3v) is 3.02. The highest BCUT2D eigenvalue weighted by molar-refractivity contribution is 5.94. The summed E-state index contributed by atoms with van der Waals surface area (Å²) in [6.45, 7) is 1.43. The summed E-state index contributed by atoms with van der Waals surface area (Å²) < 4.78 is 18.4. The van der Waals surface area contributed by atoms with Crippen molar-refractivity contribution in [3.63, 3.8) is 0 Å². The summed E-state index contributed by atoms with van der Waals surface area (Å²) in [7, 11) is 0. The van der Waals surface area contributed by atoms with E-state index in [4.69, 9.17) is 9.84 Å². The molecule has 1 aromatic rings. The van der Waals surface area contributed by atoms with Crippen LogP contribution >= 0.6 is 0 Å². The molecule has 0 aromatic heterocycles. The SMILES string of the molecule is O=C(O)c1cc(F)ccc1NCCC1CCCO1.